The van der Waals surface area contributed by atoms with E-state index in [4.69, 9.17) is 0 Å². The fourth-order valence-electron chi connectivity index (χ4n) is 2.08. The first kappa shape index (κ1) is 16.1. The number of nitrogens with one attached hydrogen (secondary N) is 1. The van der Waals surface area contributed by atoms with E-state index in [0.717, 1.165) is 9.91 Å². The average Bonchev–Trinajstić information content (AvgIpc) is 2.93. The smallest absolute Gasteiger partial charge is 0.325 e. The van der Waals surface area contributed by atoms with Crippen LogP contribution >= 0.6 is 11.3 Å². The van der Waals surface area contributed by atoms with Gasteiger partial charge in [0.15, 0.2) is 0 Å². The monoisotopic (exact) mass is 324 g/mol. The van der Waals surface area contributed by atoms with Crippen molar-refractivity contribution in [3.63, 3.8) is 0 Å². The van der Waals surface area contributed by atoms with Gasteiger partial charge in [0, 0.05) is 25.0 Å². The van der Waals surface area contributed by atoms with Crippen LogP contribution in [0.5, 0.6) is 0 Å². The third-order valence-corrected chi connectivity index (χ3v) is 4.10. The van der Waals surface area contributed by atoms with E-state index in [-0.39, 0.29) is 13.1 Å². The zero-order chi connectivity index (χ0) is 16.3. The molecule has 4 amide bonds. The van der Waals surface area contributed by atoms with Crippen molar-refractivity contribution in [3.8, 4) is 0 Å². The lowest BCUT2D eigenvalue weighted by atomic mass is 10.2. The fourth-order valence-corrected chi connectivity index (χ4v) is 2.73. The van der Waals surface area contributed by atoms with Gasteiger partial charge >= 0.3 is 17.8 Å². The molecule has 1 aromatic heterocycles. The zero-order valence-electron chi connectivity index (χ0n) is 12.2. The Morgan fingerprint density at radius 2 is 2.18 bits per heavy atom. The predicted octanol–water partition coefficient (Wildman–Crippen LogP) is 0.0918. The number of urea groups is 1. The predicted molar refractivity (Wildman–Crippen MR) is 78.2 cm³/mol. The normalized spacial score (nSPS) is 16.6. The maximum Gasteiger partial charge on any atom is 0.325 e. The van der Waals surface area contributed by atoms with Crippen LogP contribution in [-0.4, -0.2) is 58.5 Å². The molecule has 1 aliphatic rings. The molecule has 2 heterocycles. The molecule has 8 nitrogen and oxygen atoms in total. The van der Waals surface area contributed by atoms with Crippen molar-refractivity contribution in [1.82, 2.24) is 20.1 Å². The van der Waals surface area contributed by atoms with Crippen molar-refractivity contribution in [1.29, 1.82) is 0 Å². The van der Waals surface area contributed by atoms with Crippen LogP contribution in [0.4, 0.5) is 4.79 Å². The minimum atomic E-state index is -0.940. The Labute approximate surface area is 131 Å². The van der Waals surface area contributed by atoms with Crippen LogP contribution in [0.1, 0.15) is 23.7 Å². The summed E-state index contributed by atoms with van der Waals surface area (Å²) in [4.78, 5) is 53.3. The lowest BCUT2D eigenvalue weighted by Gasteiger charge is -2.32. The molecule has 1 aromatic rings. The molecule has 1 aliphatic heterocycles. The summed E-state index contributed by atoms with van der Waals surface area (Å²) in [7, 11) is 0. The third-order valence-electron chi connectivity index (χ3n) is 3.31. The largest absolute Gasteiger partial charge is 0.333 e. The molecule has 2 rings (SSSR count). The highest BCUT2D eigenvalue weighted by atomic mass is 32.1. The van der Waals surface area contributed by atoms with Crippen molar-refractivity contribution < 1.29 is 19.2 Å². The van der Waals surface area contributed by atoms with Crippen molar-refractivity contribution in [2.45, 2.75) is 19.9 Å². The first-order chi connectivity index (χ1) is 10.5. The van der Waals surface area contributed by atoms with E-state index >= 15 is 0 Å². The van der Waals surface area contributed by atoms with E-state index in [1.807, 2.05) is 0 Å². The molecule has 118 valence electrons. The number of aromatic nitrogens is 1. The van der Waals surface area contributed by atoms with Crippen LogP contribution in [0, 0.1) is 6.92 Å². The Morgan fingerprint density at radius 1 is 1.45 bits per heavy atom. The molecule has 0 aromatic carbocycles. The molecule has 1 saturated heterocycles. The van der Waals surface area contributed by atoms with Crippen LogP contribution in [0.2, 0.25) is 0 Å². The van der Waals surface area contributed by atoms with Crippen LogP contribution in [0.3, 0.4) is 0 Å². The summed E-state index contributed by atoms with van der Waals surface area (Å²) in [6.07, 6.45) is 0.543. The van der Waals surface area contributed by atoms with Gasteiger partial charge in [-0.25, -0.2) is 9.78 Å². The number of carbonyl (C=O) groups excluding carboxylic acids is 4. The maximum absolute atomic E-state index is 12.1. The number of likely N-dealkylation sites (N-methyl/N-ethyl adjacent to an activating group) is 1. The van der Waals surface area contributed by atoms with Gasteiger partial charge in [-0.3, -0.25) is 14.5 Å². The van der Waals surface area contributed by atoms with Gasteiger partial charge < -0.3 is 15.0 Å². The Hall–Kier alpha value is -2.29. The Morgan fingerprint density at radius 3 is 2.73 bits per heavy atom. The van der Waals surface area contributed by atoms with Gasteiger partial charge in [0.25, 0.3) is 0 Å². The summed E-state index contributed by atoms with van der Waals surface area (Å²) in [5.41, 5.74) is 0.414. The number of piperazine rings is 1. The lowest BCUT2D eigenvalue weighted by molar-refractivity contribution is -0.153. The number of nitrogens with zero attached hydrogens (tertiary/aromatic N) is 3. The number of amides is 4. The first-order valence-corrected chi connectivity index (χ1v) is 7.64. The van der Waals surface area contributed by atoms with Gasteiger partial charge in [-0.2, -0.15) is 0 Å². The Balaban J connectivity index is 2.06. The lowest BCUT2D eigenvalue weighted by Crippen LogP contribution is -2.58. The molecule has 9 heteroatoms. The SMILES string of the molecule is CCN1CCN(C(=O)NC(C=O)c2csc(C)n2)C(=O)C1=O. The molecule has 0 radical (unpaired) electrons. The number of imide groups is 1. The quantitative estimate of drug-likeness (QED) is 0.625. The number of aldehydes is 1. The second kappa shape index (κ2) is 6.65. The second-order valence-corrected chi connectivity index (χ2v) is 5.76. The van der Waals surface area contributed by atoms with Crippen molar-refractivity contribution in [2.75, 3.05) is 19.6 Å². The first-order valence-electron chi connectivity index (χ1n) is 6.76. The molecule has 0 bridgehead atoms. The van der Waals surface area contributed by atoms with Crippen LogP contribution in [0.15, 0.2) is 5.38 Å². The molecule has 0 saturated carbocycles. The van der Waals surface area contributed by atoms with Gasteiger partial charge in [0.2, 0.25) is 0 Å². The fraction of sp³-hybridized carbons (Fsp3) is 0.462. The number of hydrogen-bond donors (Lipinski definition) is 1. The van der Waals surface area contributed by atoms with Gasteiger partial charge in [-0.05, 0) is 13.8 Å². The molecule has 1 fully saturated rings. The number of aryl methyl sites for hydroxylation is 1. The number of carbonyl (C=O) groups is 4. The number of hydrogen-bond acceptors (Lipinski definition) is 6. The topological polar surface area (TPSA) is 99.7 Å². The van der Waals surface area contributed by atoms with Crippen LogP contribution in [-0.2, 0) is 14.4 Å². The molecule has 1 N–H and O–H groups in total. The minimum absolute atomic E-state index is 0.103. The highest BCUT2D eigenvalue weighted by Gasteiger charge is 2.36. The maximum atomic E-state index is 12.1. The zero-order valence-corrected chi connectivity index (χ0v) is 13.1. The van der Waals surface area contributed by atoms with E-state index < -0.39 is 23.9 Å². The summed E-state index contributed by atoms with van der Waals surface area (Å²) in [5, 5.41) is 4.85. The molecular formula is C13H16N4O4S. The second-order valence-electron chi connectivity index (χ2n) is 4.70. The molecule has 1 atom stereocenters. The van der Waals surface area contributed by atoms with Gasteiger partial charge in [-0.1, -0.05) is 0 Å². The number of rotatable bonds is 4. The van der Waals surface area contributed by atoms with Gasteiger partial charge in [0.1, 0.15) is 12.3 Å². The van der Waals surface area contributed by atoms with E-state index in [9.17, 15) is 19.2 Å². The van der Waals surface area contributed by atoms with Crippen molar-refractivity contribution >= 4 is 35.5 Å². The highest BCUT2D eigenvalue weighted by Crippen LogP contribution is 2.15. The number of thiazole rings is 1. The molecule has 22 heavy (non-hydrogen) atoms. The summed E-state index contributed by atoms with van der Waals surface area (Å²) < 4.78 is 0. The van der Waals surface area contributed by atoms with Gasteiger partial charge in [-0.15, -0.1) is 11.3 Å². The van der Waals surface area contributed by atoms with E-state index in [0.29, 0.717) is 18.5 Å². The van der Waals surface area contributed by atoms with E-state index in [1.54, 1.807) is 19.2 Å². The Kier molecular flexibility index (Phi) is 4.86. The highest BCUT2D eigenvalue weighted by molar-refractivity contribution is 7.09. The standard InChI is InChI=1S/C13H16N4O4S/c1-3-16-4-5-17(12(20)11(16)19)13(21)15-9(6-18)10-7-22-8(2)14-10/h6-7,9H,3-5H2,1-2H3,(H,15,21). The van der Waals surface area contributed by atoms with E-state index in [1.165, 1.54) is 16.2 Å². The average molecular weight is 324 g/mol. The molecule has 0 spiro atoms. The minimum Gasteiger partial charge on any atom is -0.333 e. The molecule has 0 aliphatic carbocycles. The summed E-state index contributed by atoms with van der Waals surface area (Å²) >= 11 is 1.35. The van der Waals surface area contributed by atoms with Crippen molar-refractivity contribution in [2.24, 2.45) is 0 Å². The molecule has 1 unspecified atom stereocenters. The van der Waals surface area contributed by atoms with Crippen molar-refractivity contribution in [3.05, 3.63) is 16.1 Å². The third kappa shape index (κ3) is 3.14. The molecular weight excluding hydrogens is 308 g/mol. The summed E-state index contributed by atoms with van der Waals surface area (Å²) in [5.74, 6) is -1.60. The summed E-state index contributed by atoms with van der Waals surface area (Å²) in [6.45, 7) is 4.34. The van der Waals surface area contributed by atoms with Crippen LogP contribution < -0.4 is 5.32 Å². The summed E-state index contributed by atoms with van der Waals surface area (Å²) in [6, 6.07) is -1.71. The Bertz CT molecular complexity index is 615. The van der Waals surface area contributed by atoms with Crippen LogP contribution in [0.25, 0.3) is 0 Å². The van der Waals surface area contributed by atoms with E-state index in [2.05, 4.69) is 10.3 Å². The van der Waals surface area contributed by atoms with Gasteiger partial charge in [0.05, 0.1) is 10.7 Å².